The maximum atomic E-state index is 14.6. The molecular formula is C53H60N8O8S. The molecule has 3 saturated heterocycles. The molecule has 17 heteroatoms. The van der Waals surface area contributed by atoms with Gasteiger partial charge in [-0.05, 0) is 143 Å². The van der Waals surface area contributed by atoms with Crippen molar-refractivity contribution in [2.75, 3.05) is 61.6 Å². The third-order valence-corrected chi connectivity index (χ3v) is 17.9. The molecule has 2 aromatic heterocycles. The molecule has 0 unspecified atom stereocenters. The number of carbonyl (C=O) groups is 1. The predicted molar refractivity (Wildman–Crippen MR) is 267 cm³/mol. The number of methoxy groups -OCH3 is 1. The molecule has 2 aliphatic carbocycles. The molecule has 2 saturated carbocycles. The van der Waals surface area contributed by atoms with Gasteiger partial charge in [0.15, 0.2) is 0 Å². The Hall–Kier alpha value is -6.19. The summed E-state index contributed by atoms with van der Waals surface area (Å²) in [4.78, 5) is 41.1. The minimum atomic E-state index is -4.61. The van der Waals surface area contributed by atoms with Gasteiger partial charge in [-0.25, -0.2) is 13.1 Å². The van der Waals surface area contributed by atoms with Gasteiger partial charge in [-0.2, -0.15) is 4.98 Å². The molecule has 6 heterocycles. The lowest BCUT2D eigenvalue weighted by molar-refractivity contribution is -0.384. The quantitative estimate of drug-likeness (QED) is 0.0615. The van der Waals surface area contributed by atoms with Crippen LogP contribution < -0.4 is 24.6 Å². The first-order chi connectivity index (χ1) is 33.8. The van der Waals surface area contributed by atoms with Gasteiger partial charge in [0.2, 0.25) is 5.88 Å². The normalized spacial score (nSPS) is 25.4. The largest absolute Gasteiger partial charge is 0.468 e. The van der Waals surface area contributed by atoms with Crippen LogP contribution >= 0.6 is 0 Å². The fourth-order valence-electron chi connectivity index (χ4n) is 12.3. The molecule has 1 spiro atoms. The van der Waals surface area contributed by atoms with Crippen LogP contribution in [0.5, 0.6) is 5.88 Å². The van der Waals surface area contributed by atoms with Crippen LogP contribution in [0.1, 0.15) is 98.7 Å². The number of nitro benzene ring substituents is 1. The van der Waals surface area contributed by atoms with E-state index in [1.165, 1.54) is 24.1 Å². The number of amides is 1. The smallest absolute Gasteiger partial charge is 0.293 e. The molecule has 0 bridgehead atoms. The third kappa shape index (κ3) is 8.52. The van der Waals surface area contributed by atoms with Crippen molar-refractivity contribution in [1.29, 1.82) is 0 Å². The van der Waals surface area contributed by atoms with Crippen molar-refractivity contribution in [2.24, 2.45) is 11.3 Å². The number of aromatic nitrogens is 2. The number of nitro groups is 1. The summed E-state index contributed by atoms with van der Waals surface area (Å²) < 4.78 is 48.6. The van der Waals surface area contributed by atoms with Crippen molar-refractivity contribution in [3.8, 4) is 18.2 Å². The fraction of sp³-hybridized carbons (Fsp3) is 0.472. The molecule has 4 aliphatic heterocycles. The highest BCUT2D eigenvalue weighted by atomic mass is 32.2. The predicted octanol–water partition coefficient (Wildman–Crippen LogP) is 8.46. The topological polar surface area (TPSA) is 184 Å². The highest BCUT2D eigenvalue weighted by Gasteiger charge is 2.50. The van der Waals surface area contributed by atoms with Crippen molar-refractivity contribution in [3.05, 3.63) is 106 Å². The highest BCUT2D eigenvalue weighted by molar-refractivity contribution is 7.90. The van der Waals surface area contributed by atoms with E-state index in [0.717, 1.165) is 100 Å². The lowest BCUT2D eigenvalue weighted by Crippen LogP contribution is -2.55. The van der Waals surface area contributed by atoms with Gasteiger partial charge in [-0.15, -0.1) is 6.42 Å². The number of aromatic amines is 1. The van der Waals surface area contributed by atoms with E-state index in [0.29, 0.717) is 54.7 Å². The number of piperidine rings is 1. The zero-order chi connectivity index (χ0) is 48.4. The van der Waals surface area contributed by atoms with Gasteiger partial charge in [-0.1, -0.05) is 24.1 Å². The maximum absolute atomic E-state index is 14.6. The second-order valence-electron chi connectivity index (χ2n) is 20.6. The summed E-state index contributed by atoms with van der Waals surface area (Å²) in [6, 6.07) is 22.0. The minimum Gasteiger partial charge on any atom is -0.468 e. The zero-order valence-electron chi connectivity index (χ0n) is 39.7. The number of benzene rings is 3. The number of hydrogen-bond acceptors (Lipinski definition) is 13. The van der Waals surface area contributed by atoms with Crippen molar-refractivity contribution in [2.45, 2.75) is 106 Å². The average molecular weight is 969 g/mol. The van der Waals surface area contributed by atoms with E-state index in [1.807, 2.05) is 35.2 Å². The minimum absolute atomic E-state index is 0.103. The summed E-state index contributed by atoms with van der Waals surface area (Å²) in [5.41, 5.74) is 4.90. The lowest BCUT2D eigenvalue weighted by atomic mass is 9.59. The summed E-state index contributed by atoms with van der Waals surface area (Å²) in [5, 5.41) is 16.4. The van der Waals surface area contributed by atoms with Crippen molar-refractivity contribution >= 4 is 55.4 Å². The van der Waals surface area contributed by atoms with Crippen LogP contribution in [-0.4, -0.2) is 104 Å². The lowest BCUT2D eigenvalue weighted by Gasteiger charge is -2.56. The van der Waals surface area contributed by atoms with Crippen LogP contribution in [0.2, 0.25) is 0 Å². The maximum Gasteiger partial charge on any atom is 0.293 e. The number of anilines is 4. The number of hydrogen-bond donors (Lipinski definition) is 3. The average Bonchev–Trinajstić information content (AvgIpc) is 4.16. The molecule has 3 aromatic carbocycles. The molecule has 366 valence electrons. The van der Waals surface area contributed by atoms with Gasteiger partial charge in [0.1, 0.15) is 23.1 Å². The Balaban J connectivity index is 0.854. The summed E-state index contributed by atoms with van der Waals surface area (Å²) >= 11 is 0. The molecule has 5 aromatic rings. The van der Waals surface area contributed by atoms with Crippen molar-refractivity contribution in [1.82, 2.24) is 19.6 Å². The molecule has 1 amide bonds. The van der Waals surface area contributed by atoms with Crippen LogP contribution in [0.25, 0.3) is 11.0 Å². The molecule has 3 N–H and O–H groups in total. The first-order valence-electron chi connectivity index (χ1n) is 24.7. The monoisotopic (exact) mass is 968 g/mol. The summed E-state index contributed by atoms with van der Waals surface area (Å²) in [6.45, 7) is 5.93. The Kier molecular flexibility index (Phi) is 12.0. The van der Waals surface area contributed by atoms with E-state index in [-0.39, 0.29) is 34.2 Å². The van der Waals surface area contributed by atoms with Crippen molar-refractivity contribution in [3.63, 3.8) is 0 Å². The molecule has 0 radical (unpaired) electrons. The number of carbonyl (C=O) groups excluding carboxylic acids is 1. The number of terminal acetylenes is 1. The van der Waals surface area contributed by atoms with Crippen LogP contribution in [-0.2, 0) is 19.5 Å². The number of fused-ring (bicyclic) bond motifs is 3. The second-order valence-corrected chi connectivity index (χ2v) is 22.3. The standard InChI is InChI=1S/C53H60N8O8S/c1-4-35-8-5-6-9-40(35)43-10-7-23-59(43)38-29-53(30-38)20-24-58(25-21-53)37-11-13-41(44(27-37)60-46-26-36-17-22-54-49(36)56-51(46)69-48-33-68-32-47(48)60)50(62)57-70(65,66)39-12-14-42(45(28-39)61(63)64)55-31-34-15-18-52(2,67-3)19-16-34/h1,5-6,8-9,11-14,17,22,26-28,34,38,43,47-48,55H,7,10,15-16,18-21,23-25,29-33H2,2-3H3,(H,54,56)(H,57,62)/t34?,43-,47-,48-,52?/m0/s1. The highest BCUT2D eigenvalue weighted by Crippen LogP contribution is 2.54. The van der Waals surface area contributed by atoms with E-state index in [2.05, 4.69) is 55.9 Å². The van der Waals surface area contributed by atoms with Gasteiger partial charge >= 0.3 is 0 Å². The molecule has 3 atom stereocenters. The number of rotatable bonds is 12. The Labute approximate surface area is 408 Å². The number of H-pyrrole nitrogens is 1. The molecule has 16 nitrogen and oxygen atoms in total. The molecule has 6 aliphatic rings. The van der Waals surface area contributed by atoms with Crippen LogP contribution in [0, 0.1) is 33.8 Å². The first kappa shape index (κ1) is 46.2. The van der Waals surface area contributed by atoms with E-state index in [9.17, 15) is 23.3 Å². The Morgan fingerprint density at radius 3 is 2.57 bits per heavy atom. The first-order valence-corrected chi connectivity index (χ1v) is 26.2. The Morgan fingerprint density at radius 2 is 1.80 bits per heavy atom. The van der Waals surface area contributed by atoms with E-state index >= 15 is 0 Å². The SMILES string of the molecule is C#Cc1ccccc1[C@@H]1CCCN1C1CC2(CCN(c3ccc(C(=O)NS(=O)(=O)c4ccc(NCC5CCC(C)(OC)CC5)c([N+](=O)[O-])c4)c(N4c5cc6cc[nH]c6nc5O[C@H]5COC[C@@H]54)c3)CC2)C1. The number of sulfonamides is 1. The van der Waals surface area contributed by atoms with Gasteiger partial charge in [0.05, 0.1) is 45.9 Å². The summed E-state index contributed by atoms with van der Waals surface area (Å²) in [6.07, 6.45) is 17.5. The Bertz CT molecular complexity index is 2980. The van der Waals surface area contributed by atoms with Crippen LogP contribution in [0.4, 0.5) is 28.4 Å². The molecule has 5 fully saturated rings. The summed E-state index contributed by atoms with van der Waals surface area (Å²) in [5.74, 6) is 2.68. The number of nitrogens with one attached hydrogen (secondary N) is 3. The van der Waals surface area contributed by atoms with E-state index < -0.39 is 37.5 Å². The van der Waals surface area contributed by atoms with Gasteiger partial charge in [0, 0.05) is 67.7 Å². The van der Waals surface area contributed by atoms with Crippen LogP contribution in [0.3, 0.4) is 0 Å². The van der Waals surface area contributed by atoms with Gasteiger partial charge in [-0.3, -0.25) is 19.8 Å². The van der Waals surface area contributed by atoms with E-state index in [4.69, 9.17) is 25.6 Å². The molecular weight excluding hydrogens is 909 g/mol. The third-order valence-electron chi connectivity index (χ3n) is 16.5. The number of ether oxygens (including phenoxy) is 3. The molecule has 11 rings (SSSR count). The number of nitrogens with zero attached hydrogens (tertiary/aromatic N) is 5. The fourth-order valence-corrected chi connectivity index (χ4v) is 13.3. The number of pyridine rings is 1. The van der Waals surface area contributed by atoms with E-state index in [1.54, 1.807) is 19.4 Å². The van der Waals surface area contributed by atoms with Gasteiger partial charge < -0.3 is 34.3 Å². The number of likely N-dealkylation sites (tertiary alicyclic amines) is 1. The second kappa shape index (κ2) is 18.2. The van der Waals surface area contributed by atoms with Crippen LogP contribution in [0.15, 0.2) is 83.9 Å². The van der Waals surface area contributed by atoms with Crippen molar-refractivity contribution < 1.29 is 32.3 Å². The Morgan fingerprint density at radius 1 is 1.00 bits per heavy atom. The zero-order valence-corrected chi connectivity index (χ0v) is 40.5. The molecule has 70 heavy (non-hydrogen) atoms. The van der Waals surface area contributed by atoms with Gasteiger partial charge in [0.25, 0.3) is 21.6 Å². The summed E-state index contributed by atoms with van der Waals surface area (Å²) in [7, 11) is -2.89.